The SMILES string of the molecule is Cc1cc(NC(=O)CN2CCOC(C)C2)n(C)n1. The Morgan fingerprint density at radius 2 is 2.44 bits per heavy atom. The zero-order valence-electron chi connectivity index (χ0n) is 11.1. The molecule has 0 radical (unpaired) electrons. The van der Waals surface area contributed by atoms with E-state index in [1.54, 1.807) is 4.68 Å². The molecule has 1 N–H and O–H groups in total. The maximum absolute atomic E-state index is 11.9. The normalized spacial score (nSPS) is 20.9. The van der Waals surface area contributed by atoms with Crippen LogP contribution in [0.15, 0.2) is 6.07 Å². The van der Waals surface area contributed by atoms with Crippen LogP contribution in [-0.4, -0.2) is 52.9 Å². The number of aromatic nitrogens is 2. The highest BCUT2D eigenvalue weighted by Gasteiger charge is 2.19. The average molecular weight is 252 g/mol. The van der Waals surface area contributed by atoms with E-state index in [1.807, 2.05) is 27.0 Å². The highest BCUT2D eigenvalue weighted by Crippen LogP contribution is 2.09. The number of carbonyl (C=O) groups is 1. The summed E-state index contributed by atoms with van der Waals surface area (Å²) in [5.41, 5.74) is 0.896. The van der Waals surface area contributed by atoms with Crippen LogP contribution in [0.5, 0.6) is 0 Å². The van der Waals surface area contributed by atoms with Gasteiger partial charge in [-0.05, 0) is 13.8 Å². The lowest BCUT2D eigenvalue weighted by Gasteiger charge is -2.30. The first-order valence-corrected chi connectivity index (χ1v) is 6.19. The molecule has 18 heavy (non-hydrogen) atoms. The Balaban J connectivity index is 1.86. The van der Waals surface area contributed by atoms with Gasteiger partial charge in [-0.1, -0.05) is 0 Å². The number of amides is 1. The van der Waals surface area contributed by atoms with E-state index < -0.39 is 0 Å². The molecule has 2 rings (SSSR count). The Kier molecular flexibility index (Phi) is 3.98. The van der Waals surface area contributed by atoms with Gasteiger partial charge >= 0.3 is 0 Å². The van der Waals surface area contributed by atoms with Crippen LogP contribution >= 0.6 is 0 Å². The number of hydrogen-bond donors (Lipinski definition) is 1. The maximum atomic E-state index is 11.9. The third-order valence-corrected chi connectivity index (χ3v) is 2.96. The van der Waals surface area contributed by atoms with Gasteiger partial charge in [-0.15, -0.1) is 0 Å². The lowest BCUT2D eigenvalue weighted by atomic mass is 10.3. The molecule has 1 aliphatic heterocycles. The summed E-state index contributed by atoms with van der Waals surface area (Å²) in [6.45, 7) is 6.63. The standard InChI is InChI=1S/C12H20N4O2/c1-9-6-11(15(3)14-9)13-12(17)8-16-4-5-18-10(2)7-16/h6,10H,4-5,7-8H2,1-3H3,(H,13,17). The summed E-state index contributed by atoms with van der Waals surface area (Å²) in [4.78, 5) is 14.0. The van der Waals surface area contributed by atoms with Gasteiger partial charge in [0.05, 0.1) is 24.9 Å². The molecule has 100 valence electrons. The van der Waals surface area contributed by atoms with Gasteiger partial charge in [-0.25, -0.2) is 0 Å². The van der Waals surface area contributed by atoms with Crippen molar-refractivity contribution in [2.45, 2.75) is 20.0 Å². The molecule has 1 amide bonds. The van der Waals surface area contributed by atoms with Gasteiger partial charge in [0, 0.05) is 26.2 Å². The zero-order chi connectivity index (χ0) is 13.1. The number of carbonyl (C=O) groups excluding carboxylic acids is 1. The van der Waals surface area contributed by atoms with Gasteiger partial charge in [-0.3, -0.25) is 14.4 Å². The molecule has 0 aliphatic carbocycles. The smallest absolute Gasteiger partial charge is 0.239 e. The Bertz CT molecular complexity index is 430. The molecule has 1 fully saturated rings. The highest BCUT2D eigenvalue weighted by molar-refractivity contribution is 5.91. The van der Waals surface area contributed by atoms with Crippen molar-refractivity contribution in [3.8, 4) is 0 Å². The van der Waals surface area contributed by atoms with E-state index in [9.17, 15) is 4.79 Å². The molecule has 6 heteroatoms. The second-order valence-electron chi connectivity index (χ2n) is 4.76. The molecular formula is C12H20N4O2. The second-order valence-corrected chi connectivity index (χ2v) is 4.76. The lowest BCUT2D eigenvalue weighted by Crippen LogP contribution is -2.44. The predicted octanol–water partition coefficient (Wildman–Crippen LogP) is 0.388. The zero-order valence-corrected chi connectivity index (χ0v) is 11.1. The number of nitrogens with zero attached hydrogens (tertiary/aromatic N) is 3. The number of morpholine rings is 1. The summed E-state index contributed by atoms with van der Waals surface area (Å²) in [5.74, 6) is 0.728. The van der Waals surface area contributed by atoms with Crippen LogP contribution in [0, 0.1) is 6.92 Å². The fourth-order valence-corrected chi connectivity index (χ4v) is 2.15. The van der Waals surface area contributed by atoms with Gasteiger partial charge in [0.2, 0.25) is 5.91 Å². The van der Waals surface area contributed by atoms with Gasteiger partial charge < -0.3 is 10.1 Å². The number of hydrogen-bond acceptors (Lipinski definition) is 4. The van der Waals surface area contributed by atoms with E-state index in [2.05, 4.69) is 15.3 Å². The molecule has 1 atom stereocenters. The van der Waals surface area contributed by atoms with E-state index in [-0.39, 0.29) is 12.0 Å². The van der Waals surface area contributed by atoms with E-state index >= 15 is 0 Å². The minimum Gasteiger partial charge on any atom is -0.376 e. The fourth-order valence-electron chi connectivity index (χ4n) is 2.15. The number of ether oxygens (including phenoxy) is 1. The van der Waals surface area contributed by atoms with E-state index in [4.69, 9.17) is 4.74 Å². The van der Waals surface area contributed by atoms with Crippen molar-refractivity contribution in [1.82, 2.24) is 14.7 Å². The molecule has 0 saturated carbocycles. The van der Waals surface area contributed by atoms with Crippen molar-refractivity contribution in [2.24, 2.45) is 7.05 Å². The quantitative estimate of drug-likeness (QED) is 0.845. The second kappa shape index (κ2) is 5.49. The Labute approximate surface area is 107 Å². The number of nitrogens with one attached hydrogen (secondary N) is 1. The lowest BCUT2D eigenvalue weighted by molar-refractivity contribution is -0.119. The summed E-state index contributed by atoms with van der Waals surface area (Å²) >= 11 is 0. The first kappa shape index (κ1) is 13.0. The van der Waals surface area contributed by atoms with E-state index in [0.29, 0.717) is 13.2 Å². The van der Waals surface area contributed by atoms with Crippen LogP contribution in [0.4, 0.5) is 5.82 Å². The molecule has 1 aliphatic rings. The largest absolute Gasteiger partial charge is 0.376 e. The van der Waals surface area contributed by atoms with Gasteiger partial charge in [-0.2, -0.15) is 5.10 Å². The number of anilines is 1. The first-order chi connectivity index (χ1) is 8.54. The topological polar surface area (TPSA) is 59.4 Å². The first-order valence-electron chi connectivity index (χ1n) is 6.19. The molecule has 1 unspecified atom stereocenters. The predicted molar refractivity (Wildman–Crippen MR) is 68.4 cm³/mol. The molecule has 1 aromatic heterocycles. The van der Waals surface area contributed by atoms with Crippen molar-refractivity contribution in [3.05, 3.63) is 11.8 Å². The minimum absolute atomic E-state index is 0.00731. The van der Waals surface area contributed by atoms with Crippen molar-refractivity contribution in [2.75, 3.05) is 31.6 Å². The van der Waals surface area contributed by atoms with Crippen molar-refractivity contribution in [3.63, 3.8) is 0 Å². The molecule has 1 saturated heterocycles. The molecular weight excluding hydrogens is 232 g/mol. The van der Waals surface area contributed by atoms with Crippen LogP contribution in [0.1, 0.15) is 12.6 Å². The van der Waals surface area contributed by atoms with E-state index in [0.717, 1.165) is 24.6 Å². The monoisotopic (exact) mass is 252 g/mol. The van der Waals surface area contributed by atoms with Crippen LogP contribution in [0.2, 0.25) is 0 Å². The minimum atomic E-state index is -0.00731. The van der Waals surface area contributed by atoms with Crippen LogP contribution < -0.4 is 5.32 Å². The van der Waals surface area contributed by atoms with Gasteiger partial charge in [0.1, 0.15) is 5.82 Å². The highest BCUT2D eigenvalue weighted by atomic mass is 16.5. The third-order valence-electron chi connectivity index (χ3n) is 2.96. The Morgan fingerprint density at radius 3 is 3.06 bits per heavy atom. The molecule has 1 aromatic rings. The summed E-state index contributed by atoms with van der Waals surface area (Å²) < 4.78 is 7.12. The molecule has 0 spiro atoms. The van der Waals surface area contributed by atoms with Gasteiger partial charge in [0.15, 0.2) is 0 Å². The molecule has 2 heterocycles. The fraction of sp³-hybridized carbons (Fsp3) is 0.667. The summed E-state index contributed by atoms with van der Waals surface area (Å²) in [5, 5.41) is 7.06. The number of aryl methyl sites for hydroxylation is 2. The molecule has 6 nitrogen and oxygen atoms in total. The summed E-state index contributed by atoms with van der Waals surface area (Å²) in [6.07, 6.45) is 0.200. The Hall–Kier alpha value is -1.40. The molecule has 0 aromatic carbocycles. The molecule has 0 bridgehead atoms. The summed E-state index contributed by atoms with van der Waals surface area (Å²) in [6, 6.07) is 1.86. The van der Waals surface area contributed by atoms with Crippen molar-refractivity contribution in [1.29, 1.82) is 0 Å². The summed E-state index contributed by atoms with van der Waals surface area (Å²) in [7, 11) is 1.82. The van der Waals surface area contributed by atoms with Crippen LogP contribution in [-0.2, 0) is 16.6 Å². The Morgan fingerprint density at radius 1 is 1.67 bits per heavy atom. The number of rotatable bonds is 3. The van der Waals surface area contributed by atoms with E-state index in [1.165, 1.54) is 0 Å². The van der Waals surface area contributed by atoms with Crippen molar-refractivity contribution >= 4 is 11.7 Å². The van der Waals surface area contributed by atoms with Crippen molar-refractivity contribution < 1.29 is 9.53 Å². The average Bonchev–Trinajstić information content (AvgIpc) is 2.57. The van der Waals surface area contributed by atoms with Crippen LogP contribution in [0.3, 0.4) is 0 Å². The third kappa shape index (κ3) is 3.30. The van der Waals surface area contributed by atoms with Gasteiger partial charge in [0.25, 0.3) is 0 Å². The van der Waals surface area contributed by atoms with Crippen LogP contribution in [0.25, 0.3) is 0 Å². The maximum Gasteiger partial charge on any atom is 0.239 e.